The lowest BCUT2D eigenvalue weighted by atomic mass is 9.84. The van der Waals surface area contributed by atoms with E-state index in [0.29, 0.717) is 12.0 Å². The van der Waals surface area contributed by atoms with Crippen molar-refractivity contribution in [3.8, 4) is 0 Å². The highest BCUT2D eigenvalue weighted by atomic mass is 16.7. The number of ether oxygens (including phenoxy) is 3. The summed E-state index contributed by atoms with van der Waals surface area (Å²) in [6, 6.07) is 0. The van der Waals surface area contributed by atoms with Crippen LogP contribution in [-0.4, -0.2) is 32.2 Å². The average Bonchev–Trinajstić information content (AvgIpc) is 2.94. The van der Waals surface area contributed by atoms with Gasteiger partial charge in [-0.1, -0.05) is 147 Å². The fourth-order valence-electron chi connectivity index (χ4n) is 5.99. The highest BCUT2D eigenvalue weighted by Gasteiger charge is 2.16. The molecule has 0 amide bonds. The van der Waals surface area contributed by atoms with E-state index in [2.05, 4.69) is 62.3 Å². The highest BCUT2D eigenvalue weighted by molar-refractivity contribution is 4.67. The molecule has 0 radical (unpaired) electrons. The molecule has 42 heavy (non-hydrogen) atoms. The lowest BCUT2D eigenvalue weighted by Gasteiger charge is -2.24. The minimum atomic E-state index is 0. The molecular weight excluding hydrogens is 516 g/mol. The molecule has 3 saturated carbocycles. The van der Waals surface area contributed by atoms with E-state index in [1.165, 1.54) is 89.9 Å². The molecule has 1 unspecified atom stereocenters. The van der Waals surface area contributed by atoms with Crippen molar-refractivity contribution < 1.29 is 14.2 Å². The smallest absolute Gasteiger partial charge is 0.154 e. The number of hydrogen-bond donors (Lipinski definition) is 0. The molecule has 5 fully saturated rings. The first-order chi connectivity index (χ1) is 18.9. The molecule has 256 valence electrons. The summed E-state index contributed by atoms with van der Waals surface area (Å²) < 4.78 is 15.7. The lowest BCUT2D eigenvalue weighted by Crippen LogP contribution is -2.27. The second kappa shape index (κ2) is 26.1. The van der Waals surface area contributed by atoms with Crippen molar-refractivity contribution in [1.82, 2.24) is 0 Å². The van der Waals surface area contributed by atoms with Crippen LogP contribution in [0.15, 0.2) is 0 Å². The van der Waals surface area contributed by atoms with Gasteiger partial charge in [0.15, 0.2) is 6.29 Å². The molecule has 2 aliphatic heterocycles. The van der Waals surface area contributed by atoms with Crippen molar-refractivity contribution >= 4 is 0 Å². The fraction of sp³-hybridized carbons (Fsp3) is 1.00. The minimum Gasteiger partial charge on any atom is -0.378 e. The van der Waals surface area contributed by atoms with Gasteiger partial charge in [-0.2, -0.15) is 0 Å². The fourth-order valence-corrected chi connectivity index (χ4v) is 5.99. The topological polar surface area (TPSA) is 27.7 Å². The average molecular weight is 599 g/mol. The van der Waals surface area contributed by atoms with Crippen molar-refractivity contribution in [1.29, 1.82) is 0 Å². The Labute approximate surface area is 267 Å². The summed E-state index contributed by atoms with van der Waals surface area (Å²) in [5.41, 5.74) is 0. The maximum absolute atomic E-state index is 5.39. The minimum absolute atomic E-state index is 0. The first-order valence-corrected chi connectivity index (χ1v) is 17.8. The van der Waals surface area contributed by atoms with Gasteiger partial charge < -0.3 is 14.2 Å². The van der Waals surface area contributed by atoms with Crippen LogP contribution in [0.4, 0.5) is 0 Å². The van der Waals surface area contributed by atoms with Crippen molar-refractivity contribution in [2.45, 2.75) is 186 Å². The lowest BCUT2D eigenvalue weighted by molar-refractivity contribution is -0.187. The van der Waals surface area contributed by atoms with Crippen LogP contribution in [0.2, 0.25) is 0 Å². The molecule has 2 atom stereocenters. The zero-order chi connectivity index (χ0) is 29.9. The Morgan fingerprint density at radius 3 is 0.714 bits per heavy atom. The van der Waals surface area contributed by atoms with Crippen LogP contribution >= 0.6 is 0 Å². The van der Waals surface area contributed by atoms with Gasteiger partial charge in [0.1, 0.15) is 0 Å². The van der Waals surface area contributed by atoms with Crippen LogP contribution in [0.25, 0.3) is 0 Å². The molecule has 5 aliphatic rings. The maximum Gasteiger partial charge on any atom is 0.154 e. The van der Waals surface area contributed by atoms with Crippen molar-refractivity contribution in [3.63, 3.8) is 0 Å². The van der Waals surface area contributed by atoms with E-state index in [0.717, 1.165) is 61.2 Å². The molecular formula is C39H82O3. The molecule has 2 saturated heterocycles. The Kier molecular flexibility index (Phi) is 27.4. The first kappa shape index (κ1) is 44.0. The second-order valence-electron chi connectivity index (χ2n) is 15.3. The third-order valence-electron chi connectivity index (χ3n) is 9.88. The van der Waals surface area contributed by atoms with Crippen LogP contribution in [-0.2, 0) is 14.2 Å². The Bertz CT molecular complexity index is 374. The van der Waals surface area contributed by atoms with E-state index < -0.39 is 0 Å². The summed E-state index contributed by atoms with van der Waals surface area (Å²) in [6.45, 7) is 25.3. The van der Waals surface area contributed by atoms with E-state index in [-0.39, 0.29) is 21.1 Å². The molecule has 3 aliphatic carbocycles. The van der Waals surface area contributed by atoms with Crippen LogP contribution in [0.5, 0.6) is 0 Å². The van der Waals surface area contributed by atoms with Gasteiger partial charge in [-0.15, -0.1) is 0 Å². The Balaban J connectivity index is 0. The number of rotatable bonds is 0. The summed E-state index contributed by atoms with van der Waals surface area (Å²) in [6.07, 6.45) is 20.8. The largest absolute Gasteiger partial charge is 0.378 e. The Hall–Kier alpha value is -0.120. The summed E-state index contributed by atoms with van der Waals surface area (Å²) in [4.78, 5) is 0. The highest BCUT2D eigenvalue weighted by Crippen LogP contribution is 2.28. The first-order valence-electron chi connectivity index (χ1n) is 17.8. The van der Waals surface area contributed by atoms with E-state index in [9.17, 15) is 0 Å². The van der Waals surface area contributed by atoms with Gasteiger partial charge in [0.05, 0.1) is 19.3 Å². The molecule has 2 heterocycles. The molecule has 0 N–H and O–H groups in total. The van der Waals surface area contributed by atoms with Crippen LogP contribution < -0.4 is 0 Å². The van der Waals surface area contributed by atoms with E-state index in [1.807, 2.05) is 6.92 Å². The van der Waals surface area contributed by atoms with E-state index in [1.54, 1.807) is 0 Å². The maximum atomic E-state index is 5.39. The van der Waals surface area contributed by atoms with Crippen molar-refractivity contribution in [2.75, 3.05) is 19.8 Å². The van der Waals surface area contributed by atoms with E-state index >= 15 is 0 Å². The molecule has 3 heteroatoms. The normalized spacial score (nSPS) is 37.9. The van der Waals surface area contributed by atoms with Crippen molar-refractivity contribution in [2.24, 2.45) is 47.3 Å². The molecule has 0 spiro atoms. The van der Waals surface area contributed by atoms with Gasteiger partial charge in [-0.3, -0.25) is 0 Å². The third kappa shape index (κ3) is 24.2. The quantitative estimate of drug-likeness (QED) is 0.277. The Morgan fingerprint density at radius 1 is 0.286 bits per heavy atom. The van der Waals surface area contributed by atoms with Crippen molar-refractivity contribution in [3.05, 3.63) is 0 Å². The zero-order valence-electron chi connectivity index (χ0n) is 29.0. The Morgan fingerprint density at radius 2 is 0.524 bits per heavy atom. The van der Waals surface area contributed by atoms with Gasteiger partial charge in [-0.25, -0.2) is 0 Å². The summed E-state index contributed by atoms with van der Waals surface area (Å²) in [7, 11) is 0. The van der Waals surface area contributed by atoms with Gasteiger partial charge in [0.2, 0.25) is 0 Å². The number of hydrogen-bond acceptors (Lipinski definition) is 3. The van der Waals surface area contributed by atoms with Crippen LogP contribution in [0.3, 0.4) is 0 Å². The monoisotopic (exact) mass is 599 g/mol. The molecule has 3 nitrogen and oxygen atoms in total. The van der Waals surface area contributed by atoms with Gasteiger partial charge in [0, 0.05) is 12.5 Å². The SMILES string of the molecule is C.C.CC1CCC(C)CC1.CC1CCC(C)CC1.CC1CCC(C)CC1.CC1CC[C@@H](C)OC1.CC1COC(C)OC1. The predicted molar refractivity (Wildman–Crippen MR) is 188 cm³/mol. The standard InChI is InChI=1S/3C8H16.C7H14O.C6H12O2.2CH4/c3*1-7-3-5-8(2)6-4-7;1-6-3-4-7(2)8-5-6;1-5-3-7-6(2)8-4-5;;/h3*7-8H,3-6H2,1-2H3;6-7H,3-5H2,1-2H3;5-6H,3-4H2,1-2H3;2*1H4/t;;;6?,7-;;;/m...1.../s1. The van der Waals surface area contributed by atoms with Gasteiger partial charge in [0.25, 0.3) is 0 Å². The van der Waals surface area contributed by atoms with Crippen LogP contribution in [0.1, 0.15) is 174 Å². The molecule has 0 aromatic heterocycles. The predicted octanol–water partition coefficient (Wildman–Crippen LogP) is 12.6. The second-order valence-corrected chi connectivity index (χ2v) is 15.3. The molecule has 0 aromatic carbocycles. The van der Waals surface area contributed by atoms with Gasteiger partial charge >= 0.3 is 0 Å². The zero-order valence-corrected chi connectivity index (χ0v) is 29.0. The van der Waals surface area contributed by atoms with E-state index in [4.69, 9.17) is 14.2 Å². The van der Waals surface area contributed by atoms with Gasteiger partial charge in [-0.05, 0) is 68.1 Å². The summed E-state index contributed by atoms with van der Waals surface area (Å²) in [5, 5.41) is 0. The molecule has 0 bridgehead atoms. The molecule has 0 aromatic rings. The third-order valence-corrected chi connectivity index (χ3v) is 9.88. The molecule has 5 rings (SSSR count). The summed E-state index contributed by atoms with van der Waals surface area (Å²) in [5.74, 6) is 7.49. The van der Waals surface area contributed by atoms with Crippen LogP contribution in [0, 0.1) is 47.3 Å². The summed E-state index contributed by atoms with van der Waals surface area (Å²) >= 11 is 0.